The number of rotatable bonds is 3. The highest BCUT2D eigenvalue weighted by Crippen LogP contribution is 2.33. The number of hydrogen-bond donors (Lipinski definition) is 1. The number of likely N-dealkylation sites (tertiary alicyclic amines) is 2. The minimum atomic E-state index is -0.786. The molecule has 0 amide bonds. The van der Waals surface area contributed by atoms with Crippen molar-refractivity contribution >= 4 is 0 Å². The largest absolute Gasteiger partial charge is 0.385 e. The zero-order valence-corrected chi connectivity index (χ0v) is 12.8. The number of piperidine rings is 1. The van der Waals surface area contributed by atoms with Crippen LogP contribution in [-0.2, 0) is 5.60 Å². The van der Waals surface area contributed by atoms with E-state index < -0.39 is 5.60 Å². The van der Waals surface area contributed by atoms with E-state index in [0.717, 1.165) is 38.0 Å². The molecule has 2 aliphatic heterocycles. The van der Waals surface area contributed by atoms with Crippen molar-refractivity contribution in [2.24, 2.45) is 0 Å². The van der Waals surface area contributed by atoms with Gasteiger partial charge < -0.3 is 14.9 Å². The van der Waals surface area contributed by atoms with Gasteiger partial charge in [-0.3, -0.25) is 0 Å². The van der Waals surface area contributed by atoms with E-state index in [1.165, 1.54) is 31.5 Å². The molecule has 1 aromatic carbocycles. The molecule has 1 N–H and O–H groups in total. The Labute approximate surface area is 126 Å². The van der Waals surface area contributed by atoms with Gasteiger partial charge in [-0.15, -0.1) is 0 Å². The molecule has 2 heterocycles. The third-order valence-electron chi connectivity index (χ3n) is 5.21. The highest BCUT2D eigenvalue weighted by Gasteiger charge is 2.35. The molecule has 2 aliphatic rings. The predicted molar refractivity (Wildman–Crippen MR) is 81.6 cm³/mol. The topological polar surface area (TPSA) is 26.7 Å². The lowest BCUT2D eigenvalue weighted by molar-refractivity contribution is -0.0293. The van der Waals surface area contributed by atoms with E-state index in [0.29, 0.717) is 6.04 Å². The first-order valence-electron chi connectivity index (χ1n) is 7.98. The fraction of sp³-hybridized carbons (Fsp3) is 0.647. The first-order chi connectivity index (χ1) is 10.1. The van der Waals surface area contributed by atoms with Crippen LogP contribution < -0.4 is 0 Å². The molecule has 0 radical (unpaired) electrons. The first-order valence-corrected chi connectivity index (χ1v) is 7.98. The average molecular weight is 292 g/mol. The minimum absolute atomic E-state index is 0.246. The molecule has 1 aromatic rings. The molecule has 0 aliphatic carbocycles. The Balaban J connectivity index is 1.57. The summed E-state index contributed by atoms with van der Waals surface area (Å²) in [5.74, 6) is -0.246. The molecule has 0 bridgehead atoms. The van der Waals surface area contributed by atoms with Crippen molar-refractivity contribution < 1.29 is 9.50 Å². The quantitative estimate of drug-likeness (QED) is 0.925. The molecular formula is C17H25FN2O. The van der Waals surface area contributed by atoms with Gasteiger partial charge in [0.1, 0.15) is 5.82 Å². The maximum absolute atomic E-state index is 13.0. The lowest BCUT2D eigenvalue weighted by atomic mass is 9.84. The predicted octanol–water partition coefficient (Wildman–Crippen LogP) is 2.20. The summed E-state index contributed by atoms with van der Waals surface area (Å²) in [6.07, 6.45) is 4.05. The summed E-state index contributed by atoms with van der Waals surface area (Å²) in [4.78, 5) is 4.91. The second-order valence-corrected chi connectivity index (χ2v) is 6.62. The van der Waals surface area contributed by atoms with Gasteiger partial charge in [-0.25, -0.2) is 4.39 Å². The number of likely N-dealkylation sites (N-methyl/N-ethyl adjacent to an activating group) is 1. The molecule has 21 heavy (non-hydrogen) atoms. The van der Waals surface area contributed by atoms with E-state index in [1.54, 1.807) is 12.1 Å². The van der Waals surface area contributed by atoms with Crippen molar-refractivity contribution in [2.45, 2.75) is 37.3 Å². The Morgan fingerprint density at radius 2 is 1.86 bits per heavy atom. The monoisotopic (exact) mass is 292 g/mol. The number of nitrogens with zero attached hydrogens (tertiary/aromatic N) is 2. The third-order valence-corrected chi connectivity index (χ3v) is 5.21. The van der Waals surface area contributed by atoms with Gasteiger partial charge >= 0.3 is 0 Å². The van der Waals surface area contributed by atoms with Gasteiger partial charge in [-0.2, -0.15) is 0 Å². The fourth-order valence-corrected chi connectivity index (χ4v) is 3.66. The number of hydrogen-bond acceptors (Lipinski definition) is 3. The molecule has 3 rings (SSSR count). The van der Waals surface area contributed by atoms with E-state index in [2.05, 4.69) is 16.8 Å². The second-order valence-electron chi connectivity index (χ2n) is 6.62. The average Bonchev–Trinajstić information content (AvgIpc) is 2.88. The van der Waals surface area contributed by atoms with Crippen LogP contribution in [0.25, 0.3) is 0 Å². The fourth-order valence-electron chi connectivity index (χ4n) is 3.66. The molecule has 2 fully saturated rings. The molecule has 116 valence electrons. The van der Waals surface area contributed by atoms with Crippen molar-refractivity contribution in [2.75, 3.05) is 33.2 Å². The highest BCUT2D eigenvalue weighted by atomic mass is 19.1. The van der Waals surface area contributed by atoms with Crippen LogP contribution in [0.2, 0.25) is 0 Å². The zero-order valence-electron chi connectivity index (χ0n) is 12.8. The van der Waals surface area contributed by atoms with Gasteiger partial charge in [0, 0.05) is 25.7 Å². The smallest absolute Gasteiger partial charge is 0.123 e. The third kappa shape index (κ3) is 3.28. The molecule has 0 saturated carbocycles. The lowest BCUT2D eigenvalue weighted by Crippen LogP contribution is -2.46. The number of benzene rings is 1. The lowest BCUT2D eigenvalue weighted by Gasteiger charge is -2.40. The molecule has 2 saturated heterocycles. The van der Waals surface area contributed by atoms with Gasteiger partial charge in [0.15, 0.2) is 0 Å². The maximum atomic E-state index is 13.0. The highest BCUT2D eigenvalue weighted by molar-refractivity contribution is 5.23. The minimum Gasteiger partial charge on any atom is -0.385 e. The summed E-state index contributed by atoms with van der Waals surface area (Å²) in [7, 11) is 2.20. The summed E-state index contributed by atoms with van der Waals surface area (Å²) in [5, 5.41) is 10.8. The van der Waals surface area contributed by atoms with Crippen molar-refractivity contribution in [3.05, 3.63) is 35.6 Å². The van der Waals surface area contributed by atoms with Crippen LogP contribution in [0.3, 0.4) is 0 Å². The normalized spacial score (nSPS) is 27.1. The van der Waals surface area contributed by atoms with E-state index in [-0.39, 0.29) is 5.82 Å². The molecule has 0 unspecified atom stereocenters. The summed E-state index contributed by atoms with van der Waals surface area (Å²) < 4.78 is 13.0. The van der Waals surface area contributed by atoms with Gasteiger partial charge in [-0.05, 0) is 57.0 Å². The zero-order chi connectivity index (χ0) is 14.9. The summed E-state index contributed by atoms with van der Waals surface area (Å²) in [5.41, 5.74) is 0.0627. The SMILES string of the molecule is CN1CCC[C@@H]1CN1CCC(O)(c2ccc(F)cc2)CC1. The Kier molecular flexibility index (Phi) is 4.29. The Hall–Kier alpha value is -0.970. The molecule has 0 aromatic heterocycles. The van der Waals surface area contributed by atoms with Gasteiger partial charge in [0.05, 0.1) is 5.60 Å². The molecule has 3 nitrogen and oxygen atoms in total. The van der Waals surface area contributed by atoms with E-state index in [4.69, 9.17) is 0 Å². The van der Waals surface area contributed by atoms with E-state index >= 15 is 0 Å². The Bertz CT molecular complexity index is 468. The maximum Gasteiger partial charge on any atom is 0.123 e. The van der Waals surface area contributed by atoms with Crippen LogP contribution >= 0.6 is 0 Å². The second kappa shape index (κ2) is 6.03. The van der Waals surface area contributed by atoms with Gasteiger partial charge in [0.25, 0.3) is 0 Å². The van der Waals surface area contributed by atoms with Crippen LogP contribution in [0.4, 0.5) is 4.39 Å². The molecular weight excluding hydrogens is 267 g/mol. The van der Waals surface area contributed by atoms with Gasteiger partial charge in [0.2, 0.25) is 0 Å². The summed E-state index contributed by atoms with van der Waals surface area (Å²) in [6, 6.07) is 6.98. The number of halogens is 1. The summed E-state index contributed by atoms with van der Waals surface area (Å²) in [6.45, 7) is 4.14. The van der Waals surface area contributed by atoms with Crippen LogP contribution in [0, 0.1) is 5.82 Å². The van der Waals surface area contributed by atoms with Crippen LogP contribution in [0.1, 0.15) is 31.2 Å². The number of aliphatic hydroxyl groups is 1. The van der Waals surface area contributed by atoms with E-state index in [1.807, 2.05) is 0 Å². The van der Waals surface area contributed by atoms with Crippen molar-refractivity contribution in [3.8, 4) is 0 Å². The first kappa shape index (κ1) is 14.9. The van der Waals surface area contributed by atoms with Gasteiger partial charge in [-0.1, -0.05) is 12.1 Å². The van der Waals surface area contributed by atoms with Crippen LogP contribution in [0.5, 0.6) is 0 Å². The standard InChI is InChI=1S/C17H25FN2O/c1-19-10-2-3-16(19)13-20-11-8-17(21,9-12-20)14-4-6-15(18)7-5-14/h4-7,16,21H,2-3,8-13H2,1H3/t16-/m1/s1. The molecule has 0 spiro atoms. The summed E-state index contributed by atoms with van der Waals surface area (Å²) >= 11 is 0. The van der Waals surface area contributed by atoms with Crippen LogP contribution in [0.15, 0.2) is 24.3 Å². The van der Waals surface area contributed by atoms with Crippen LogP contribution in [-0.4, -0.2) is 54.2 Å². The molecule has 4 heteroatoms. The molecule has 1 atom stereocenters. The Morgan fingerprint density at radius 1 is 1.19 bits per heavy atom. The van der Waals surface area contributed by atoms with Crippen molar-refractivity contribution in [1.82, 2.24) is 9.80 Å². The van der Waals surface area contributed by atoms with Crippen molar-refractivity contribution in [3.63, 3.8) is 0 Å². The van der Waals surface area contributed by atoms with Crippen molar-refractivity contribution in [1.29, 1.82) is 0 Å². The Morgan fingerprint density at radius 3 is 2.43 bits per heavy atom. The van der Waals surface area contributed by atoms with E-state index in [9.17, 15) is 9.50 Å².